The molecule has 3 heterocycles. The number of hydrogen-bond donors (Lipinski definition) is 1. The second-order valence-electron chi connectivity index (χ2n) is 7.67. The van der Waals surface area contributed by atoms with Crippen LogP contribution in [0.4, 0.5) is 21.6 Å². The SMILES string of the molecule is O=C(/C=C/Cn1ccnc1)N1CCCOc2cc3ncnc(Nc4ccc(F)c(Cl)c4)c3cc21. The van der Waals surface area contributed by atoms with E-state index in [9.17, 15) is 9.18 Å². The van der Waals surface area contributed by atoms with Crippen LogP contribution < -0.4 is 15.0 Å². The summed E-state index contributed by atoms with van der Waals surface area (Å²) in [5.74, 6) is 0.430. The van der Waals surface area contributed by atoms with E-state index >= 15 is 0 Å². The lowest BCUT2D eigenvalue weighted by atomic mass is 10.1. The molecule has 1 N–H and O–H groups in total. The van der Waals surface area contributed by atoms with Gasteiger partial charge in [0.2, 0.25) is 0 Å². The highest BCUT2D eigenvalue weighted by Crippen LogP contribution is 2.37. The molecule has 0 radical (unpaired) electrons. The van der Waals surface area contributed by atoms with Crippen molar-refractivity contribution >= 4 is 45.6 Å². The number of allylic oxidation sites excluding steroid dienone is 1. The van der Waals surface area contributed by atoms with Crippen molar-refractivity contribution in [3.8, 4) is 5.75 Å². The summed E-state index contributed by atoms with van der Waals surface area (Å²) in [6.07, 6.45) is 10.7. The zero-order chi connectivity index (χ0) is 23.5. The van der Waals surface area contributed by atoms with Crippen molar-refractivity contribution in [2.24, 2.45) is 0 Å². The predicted octanol–water partition coefficient (Wildman–Crippen LogP) is 4.73. The Kier molecular flexibility index (Phi) is 6.09. The number of nitrogens with one attached hydrogen (secondary N) is 1. The Morgan fingerprint density at radius 2 is 2.18 bits per heavy atom. The van der Waals surface area contributed by atoms with Crippen LogP contribution in [0.2, 0.25) is 5.02 Å². The standard InChI is InChI=1S/C24H20ClFN6O2/c25-18-11-16(4-5-19(18)26)30-24-17-12-21-22(13-20(17)28-14-29-24)34-10-2-8-32(21)23(33)3-1-7-31-9-6-27-15-31/h1,3-6,9,11-15H,2,7-8,10H2,(H,28,29,30)/b3-1+. The number of imidazole rings is 1. The van der Waals surface area contributed by atoms with E-state index in [0.29, 0.717) is 60.0 Å². The van der Waals surface area contributed by atoms with Crippen molar-refractivity contribution in [2.75, 3.05) is 23.4 Å². The van der Waals surface area contributed by atoms with Crippen LogP contribution in [0.5, 0.6) is 5.75 Å². The van der Waals surface area contributed by atoms with Crippen molar-refractivity contribution in [3.05, 3.63) is 78.4 Å². The van der Waals surface area contributed by atoms with Gasteiger partial charge in [-0.3, -0.25) is 4.79 Å². The molecule has 5 rings (SSSR count). The highest BCUT2D eigenvalue weighted by Gasteiger charge is 2.23. The van der Waals surface area contributed by atoms with E-state index < -0.39 is 5.82 Å². The Morgan fingerprint density at radius 3 is 3.00 bits per heavy atom. The molecule has 2 aromatic carbocycles. The van der Waals surface area contributed by atoms with Gasteiger partial charge in [0.15, 0.2) is 0 Å². The number of carbonyl (C=O) groups is 1. The first kappa shape index (κ1) is 21.8. The molecule has 0 saturated heterocycles. The summed E-state index contributed by atoms with van der Waals surface area (Å²) in [5, 5.41) is 3.85. The molecule has 0 fully saturated rings. The molecular weight excluding hydrogens is 459 g/mol. The quantitative estimate of drug-likeness (QED) is 0.417. The molecule has 0 spiro atoms. The van der Waals surface area contributed by atoms with E-state index in [-0.39, 0.29) is 10.9 Å². The second kappa shape index (κ2) is 9.48. The lowest BCUT2D eigenvalue weighted by Gasteiger charge is -2.21. The second-order valence-corrected chi connectivity index (χ2v) is 8.07. The third-order valence-corrected chi connectivity index (χ3v) is 5.66. The average molecular weight is 479 g/mol. The number of nitrogens with zero attached hydrogens (tertiary/aromatic N) is 5. The Hall–Kier alpha value is -3.98. The van der Waals surface area contributed by atoms with Gasteiger partial charge in [-0.2, -0.15) is 0 Å². The van der Waals surface area contributed by atoms with Crippen LogP contribution in [0.25, 0.3) is 10.9 Å². The first-order chi connectivity index (χ1) is 16.6. The maximum Gasteiger partial charge on any atom is 0.250 e. The van der Waals surface area contributed by atoms with Crippen LogP contribution in [0.15, 0.2) is 67.5 Å². The van der Waals surface area contributed by atoms with E-state index in [0.717, 1.165) is 0 Å². The fourth-order valence-corrected chi connectivity index (χ4v) is 3.90. The average Bonchev–Trinajstić information content (AvgIpc) is 3.26. The summed E-state index contributed by atoms with van der Waals surface area (Å²) >= 11 is 5.92. The van der Waals surface area contributed by atoms with Gasteiger partial charge in [0.05, 0.1) is 29.2 Å². The molecule has 0 atom stereocenters. The zero-order valence-corrected chi connectivity index (χ0v) is 18.7. The first-order valence-corrected chi connectivity index (χ1v) is 11.0. The van der Waals surface area contributed by atoms with Crippen molar-refractivity contribution in [1.29, 1.82) is 0 Å². The van der Waals surface area contributed by atoms with Crippen LogP contribution in [0, 0.1) is 5.82 Å². The van der Waals surface area contributed by atoms with Gasteiger partial charge in [0.25, 0.3) is 5.91 Å². The molecule has 10 heteroatoms. The molecule has 0 unspecified atom stereocenters. The number of rotatable bonds is 5. The van der Waals surface area contributed by atoms with Gasteiger partial charge in [-0.25, -0.2) is 19.3 Å². The summed E-state index contributed by atoms with van der Waals surface area (Å²) in [5.41, 5.74) is 1.86. The van der Waals surface area contributed by atoms with Crippen LogP contribution in [-0.2, 0) is 11.3 Å². The van der Waals surface area contributed by atoms with E-state index in [2.05, 4.69) is 20.3 Å². The third kappa shape index (κ3) is 4.55. The molecule has 8 nitrogen and oxygen atoms in total. The summed E-state index contributed by atoms with van der Waals surface area (Å²) in [4.78, 5) is 27.5. The molecule has 1 amide bonds. The maximum atomic E-state index is 13.6. The third-order valence-electron chi connectivity index (χ3n) is 5.37. The molecule has 34 heavy (non-hydrogen) atoms. The summed E-state index contributed by atoms with van der Waals surface area (Å²) < 4.78 is 21.3. The number of benzene rings is 2. The zero-order valence-electron chi connectivity index (χ0n) is 18.0. The topological polar surface area (TPSA) is 85.2 Å². The summed E-state index contributed by atoms with van der Waals surface area (Å²) in [6.45, 7) is 1.55. The minimum absolute atomic E-state index is 0.00452. The van der Waals surface area contributed by atoms with Gasteiger partial charge in [-0.05, 0) is 30.7 Å². The number of fused-ring (bicyclic) bond motifs is 2. The highest BCUT2D eigenvalue weighted by atomic mass is 35.5. The van der Waals surface area contributed by atoms with Gasteiger partial charge in [0.1, 0.15) is 23.7 Å². The minimum Gasteiger partial charge on any atom is -0.491 e. The fraction of sp³-hybridized carbons (Fsp3) is 0.167. The van der Waals surface area contributed by atoms with E-state index in [1.54, 1.807) is 41.7 Å². The van der Waals surface area contributed by atoms with Crippen molar-refractivity contribution in [3.63, 3.8) is 0 Å². The molecule has 2 aromatic heterocycles. The molecule has 172 valence electrons. The molecule has 1 aliphatic heterocycles. The van der Waals surface area contributed by atoms with E-state index in [1.165, 1.54) is 18.5 Å². The lowest BCUT2D eigenvalue weighted by molar-refractivity contribution is -0.114. The Morgan fingerprint density at radius 1 is 1.26 bits per heavy atom. The highest BCUT2D eigenvalue weighted by molar-refractivity contribution is 6.31. The number of hydrogen-bond acceptors (Lipinski definition) is 6. The summed E-state index contributed by atoms with van der Waals surface area (Å²) in [6, 6.07) is 7.98. The number of aromatic nitrogens is 4. The number of ether oxygens (including phenoxy) is 1. The van der Waals surface area contributed by atoms with Crippen LogP contribution in [0.3, 0.4) is 0 Å². The van der Waals surface area contributed by atoms with Crippen molar-refractivity contribution < 1.29 is 13.9 Å². The molecular formula is C24H20ClFN6O2. The molecule has 0 bridgehead atoms. The van der Waals surface area contributed by atoms with E-state index in [1.807, 2.05) is 16.8 Å². The predicted molar refractivity (Wildman–Crippen MR) is 128 cm³/mol. The molecule has 0 aliphatic carbocycles. The van der Waals surface area contributed by atoms with Crippen LogP contribution >= 0.6 is 11.6 Å². The van der Waals surface area contributed by atoms with Gasteiger partial charge in [-0.15, -0.1) is 0 Å². The van der Waals surface area contributed by atoms with Crippen LogP contribution in [0.1, 0.15) is 6.42 Å². The smallest absolute Gasteiger partial charge is 0.250 e. The first-order valence-electron chi connectivity index (χ1n) is 10.7. The summed E-state index contributed by atoms with van der Waals surface area (Å²) in [7, 11) is 0. The van der Waals surface area contributed by atoms with Crippen LogP contribution in [-0.4, -0.2) is 38.6 Å². The number of amides is 1. The van der Waals surface area contributed by atoms with Crippen molar-refractivity contribution in [1.82, 2.24) is 19.5 Å². The molecule has 4 aromatic rings. The molecule has 1 aliphatic rings. The normalized spacial score (nSPS) is 13.5. The van der Waals surface area contributed by atoms with E-state index in [4.69, 9.17) is 16.3 Å². The van der Waals surface area contributed by atoms with Gasteiger partial charge < -0.3 is 19.5 Å². The number of anilines is 3. The fourth-order valence-electron chi connectivity index (χ4n) is 3.72. The van der Waals surface area contributed by atoms with Crippen molar-refractivity contribution in [2.45, 2.75) is 13.0 Å². The Labute approximate surface area is 199 Å². The lowest BCUT2D eigenvalue weighted by Crippen LogP contribution is -2.29. The van der Waals surface area contributed by atoms with Gasteiger partial charge in [-0.1, -0.05) is 17.7 Å². The van der Waals surface area contributed by atoms with Gasteiger partial charge >= 0.3 is 0 Å². The number of carbonyl (C=O) groups excluding carboxylic acids is 1. The largest absolute Gasteiger partial charge is 0.491 e. The Balaban J connectivity index is 1.49. The minimum atomic E-state index is -0.502. The monoisotopic (exact) mass is 478 g/mol. The number of halogens is 2. The Bertz CT molecular complexity index is 1380. The van der Waals surface area contributed by atoms with Gasteiger partial charge in [0, 0.05) is 48.7 Å². The maximum absolute atomic E-state index is 13.6. The molecule has 0 saturated carbocycles.